The number of furan rings is 1. The van der Waals surface area contributed by atoms with Gasteiger partial charge in [0, 0.05) is 24.4 Å². The molecule has 1 aromatic carbocycles. The Morgan fingerprint density at radius 3 is 2.83 bits per heavy atom. The van der Waals surface area contributed by atoms with Crippen molar-refractivity contribution in [2.45, 2.75) is 38.1 Å². The number of aromatic carboxylic acids is 1. The Kier molecular flexibility index (Phi) is 3.44. The van der Waals surface area contributed by atoms with Gasteiger partial charge in [-0.1, -0.05) is 31.2 Å². The van der Waals surface area contributed by atoms with Gasteiger partial charge in [0.1, 0.15) is 11.3 Å². The maximum Gasteiger partial charge on any atom is 0.339 e. The van der Waals surface area contributed by atoms with E-state index in [-0.39, 0.29) is 23.3 Å². The molecule has 0 aliphatic heterocycles. The van der Waals surface area contributed by atoms with E-state index < -0.39 is 5.97 Å². The average molecular weight is 325 g/mol. The van der Waals surface area contributed by atoms with E-state index >= 15 is 0 Å². The Bertz CT molecular complexity index is 823. The molecule has 2 aromatic rings. The van der Waals surface area contributed by atoms with Crippen molar-refractivity contribution in [1.29, 1.82) is 0 Å². The van der Waals surface area contributed by atoms with Gasteiger partial charge in [0.05, 0.1) is 0 Å². The predicted octanol–water partition coefficient (Wildman–Crippen LogP) is 3.00. The van der Waals surface area contributed by atoms with E-state index in [1.807, 2.05) is 6.07 Å². The summed E-state index contributed by atoms with van der Waals surface area (Å²) in [6.07, 6.45) is 2.57. The number of aryl methyl sites for hydroxylation is 2. The Labute approximate surface area is 139 Å². The van der Waals surface area contributed by atoms with Gasteiger partial charge in [-0.3, -0.25) is 4.79 Å². The Morgan fingerprint density at radius 2 is 2.12 bits per heavy atom. The first-order chi connectivity index (χ1) is 11.6. The van der Waals surface area contributed by atoms with E-state index in [2.05, 4.69) is 23.5 Å². The number of hydrogen-bond donors (Lipinski definition) is 2. The van der Waals surface area contributed by atoms with Crippen LogP contribution < -0.4 is 5.32 Å². The van der Waals surface area contributed by atoms with Gasteiger partial charge in [0.25, 0.3) is 5.91 Å². The van der Waals surface area contributed by atoms with Gasteiger partial charge in [-0.2, -0.15) is 0 Å². The van der Waals surface area contributed by atoms with Gasteiger partial charge in [-0.15, -0.1) is 0 Å². The monoisotopic (exact) mass is 325 g/mol. The Balaban J connectivity index is 1.52. The highest BCUT2D eigenvalue weighted by atomic mass is 16.4. The molecule has 2 aliphatic rings. The van der Waals surface area contributed by atoms with Crippen molar-refractivity contribution in [3.63, 3.8) is 0 Å². The SMILES string of the molecule is CCc1oc(C(=O)NC2C3CCc4ccccc4C32)cc1C(=O)O. The first-order valence-electron chi connectivity index (χ1n) is 8.34. The number of benzene rings is 1. The lowest BCUT2D eigenvalue weighted by Gasteiger charge is -2.13. The largest absolute Gasteiger partial charge is 0.478 e. The molecule has 5 heteroatoms. The molecular formula is C19H19NO4. The van der Waals surface area contributed by atoms with E-state index in [1.54, 1.807) is 6.92 Å². The van der Waals surface area contributed by atoms with Crippen LogP contribution >= 0.6 is 0 Å². The number of fused-ring (bicyclic) bond motifs is 3. The summed E-state index contributed by atoms with van der Waals surface area (Å²) >= 11 is 0. The van der Waals surface area contributed by atoms with Crippen LogP contribution in [0.25, 0.3) is 0 Å². The van der Waals surface area contributed by atoms with Crippen LogP contribution in [0.5, 0.6) is 0 Å². The van der Waals surface area contributed by atoms with Gasteiger partial charge in [-0.25, -0.2) is 4.79 Å². The highest BCUT2D eigenvalue weighted by Crippen LogP contribution is 2.54. The average Bonchev–Trinajstić information content (AvgIpc) is 3.10. The normalized spacial score (nSPS) is 24.0. The molecule has 1 heterocycles. The van der Waals surface area contributed by atoms with E-state index in [0.717, 1.165) is 12.8 Å². The van der Waals surface area contributed by atoms with Gasteiger partial charge < -0.3 is 14.8 Å². The van der Waals surface area contributed by atoms with Crippen LogP contribution in [-0.2, 0) is 12.8 Å². The molecule has 3 unspecified atom stereocenters. The van der Waals surface area contributed by atoms with Crippen molar-refractivity contribution >= 4 is 11.9 Å². The smallest absolute Gasteiger partial charge is 0.339 e. The number of carbonyl (C=O) groups is 2. The summed E-state index contributed by atoms with van der Waals surface area (Å²) in [6.45, 7) is 1.80. The van der Waals surface area contributed by atoms with Gasteiger partial charge in [0.15, 0.2) is 5.76 Å². The molecular weight excluding hydrogens is 306 g/mol. The zero-order valence-corrected chi connectivity index (χ0v) is 13.4. The maximum atomic E-state index is 12.5. The van der Waals surface area contributed by atoms with Crippen molar-refractivity contribution in [2.75, 3.05) is 0 Å². The van der Waals surface area contributed by atoms with Crippen LogP contribution in [0.2, 0.25) is 0 Å². The van der Waals surface area contributed by atoms with Crippen molar-refractivity contribution in [3.05, 3.63) is 58.5 Å². The number of amides is 1. The standard InChI is InChI=1S/C19H19NO4/c1-2-14-13(19(22)23)9-15(24-14)18(21)20-17-12-8-7-10-5-3-4-6-11(10)16(12)17/h3-6,9,12,16-17H,2,7-8H2,1H3,(H,20,21)(H,22,23). The van der Waals surface area contributed by atoms with E-state index in [9.17, 15) is 14.7 Å². The van der Waals surface area contributed by atoms with Crippen LogP contribution in [0.1, 0.15) is 57.1 Å². The van der Waals surface area contributed by atoms with Crippen LogP contribution in [-0.4, -0.2) is 23.0 Å². The molecule has 4 rings (SSSR count). The minimum Gasteiger partial charge on any atom is -0.478 e. The topological polar surface area (TPSA) is 79.5 Å². The molecule has 24 heavy (non-hydrogen) atoms. The molecule has 1 saturated carbocycles. The summed E-state index contributed by atoms with van der Waals surface area (Å²) in [4.78, 5) is 23.7. The fraction of sp³-hybridized carbons (Fsp3) is 0.368. The van der Waals surface area contributed by atoms with Crippen molar-refractivity contribution in [1.82, 2.24) is 5.32 Å². The summed E-state index contributed by atoms with van der Waals surface area (Å²) in [5.41, 5.74) is 2.77. The minimum absolute atomic E-state index is 0.0706. The molecule has 0 bridgehead atoms. The minimum atomic E-state index is -1.07. The molecule has 0 saturated heterocycles. The third-order valence-electron chi connectivity index (χ3n) is 5.21. The fourth-order valence-electron chi connectivity index (χ4n) is 3.97. The van der Waals surface area contributed by atoms with Crippen LogP contribution in [0.4, 0.5) is 0 Å². The van der Waals surface area contributed by atoms with E-state index in [1.165, 1.54) is 17.2 Å². The van der Waals surface area contributed by atoms with Crippen molar-refractivity contribution in [2.24, 2.45) is 5.92 Å². The number of carboxylic acids is 1. The molecule has 124 valence electrons. The lowest BCUT2D eigenvalue weighted by molar-refractivity contribution is 0.0694. The van der Waals surface area contributed by atoms with Crippen LogP contribution in [0.15, 0.2) is 34.7 Å². The summed E-state index contributed by atoms with van der Waals surface area (Å²) in [7, 11) is 0. The lowest BCUT2D eigenvalue weighted by Crippen LogP contribution is -2.27. The zero-order valence-electron chi connectivity index (χ0n) is 13.4. The molecule has 2 aliphatic carbocycles. The quantitative estimate of drug-likeness (QED) is 0.905. The van der Waals surface area contributed by atoms with Gasteiger partial charge in [0.2, 0.25) is 0 Å². The number of hydrogen-bond acceptors (Lipinski definition) is 3. The first kappa shape index (κ1) is 15.0. The third kappa shape index (κ3) is 2.31. The Hall–Kier alpha value is -2.56. The molecule has 1 aromatic heterocycles. The number of carbonyl (C=O) groups excluding carboxylic acids is 1. The van der Waals surface area contributed by atoms with Crippen LogP contribution in [0, 0.1) is 5.92 Å². The van der Waals surface area contributed by atoms with Crippen molar-refractivity contribution < 1.29 is 19.1 Å². The summed E-state index contributed by atoms with van der Waals surface area (Å²) in [5.74, 6) is -0.119. The highest BCUT2D eigenvalue weighted by Gasteiger charge is 2.54. The summed E-state index contributed by atoms with van der Waals surface area (Å²) in [5, 5.41) is 12.2. The fourth-order valence-corrected chi connectivity index (χ4v) is 3.97. The second-order valence-electron chi connectivity index (χ2n) is 6.53. The first-order valence-corrected chi connectivity index (χ1v) is 8.34. The number of rotatable bonds is 4. The third-order valence-corrected chi connectivity index (χ3v) is 5.21. The second-order valence-corrected chi connectivity index (χ2v) is 6.53. The molecule has 0 spiro atoms. The molecule has 5 nitrogen and oxygen atoms in total. The predicted molar refractivity (Wildman–Crippen MR) is 87.3 cm³/mol. The summed E-state index contributed by atoms with van der Waals surface area (Å²) in [6, 6.07) is 9.83. The Morgan fingerprint density at radius 1 is 1.33 bits per heavy atom. The number of carboxylic acid groups (broad SMARTS) is 1. The highest BCUT2D eigenvalue weighted by molar-refractivity contribution is 5.96. The maximum absolute atomic E-state index is 12.5. The molecule has 0 radical (unpaired) electrons. The second kappa shape index (κ2) is 5.51. The lowest BCUT2D eigenvalue weighted by atomic mass is 9.92. The molecule has 2 N–H and O–H groups in total. The van der Waals surface area contributed by atoms with E-state index in [4.69, 9.17) is 4.42 Å². The molecule has 1 fully saturated rings. The number of nitrogens with one attached hydrogen (secondary N) is 1. The van der Waals surface area contributed by atoms with Gasteiger partial charge in [-0.05, 0) is 29.9 Å². The van der Waals surface area contributed by atoms with Crippen LogP contribution in [0.3, 0.4) is 0 Å². The molecule has 3 atom stereocenters. The van der Waals surface area contributed by atoms with Crippen molar-refractivity contribution in [3.8, 4) is 0 Å². The van der Waals surface area contributed by atoms with Gasteiger partial charge >= 0.3 is 5.97 Å². The summed E-state index contributed by atoms with van der Waals surface area (Å²) < 4.78 is 5.45. The molecule has 1 amide bonds. The zero-order chi connectivity index (χ0) is 16.8. The van der Waals surface area contributed by atoms with E-state index in [0.29, 0.717) is 24.0 Å².